The van der Waals surface area contributed by atoms with Gasteiger partial charge in [-0.3, -0.25) is 0 Å². The SMILES string of the molecule is COCc1nc(Cl)c(N)c(NCCCn2ccnc2)n1. The molecule has 2 aromatic rings. The largest absolute Gasteiger partial charge is 0.393 e. The van der Waals surface area contributed by atoms with Gasteiger partial charge in [0.2, 0.25) is 0 Å². The standard InChI is InChI=1S/C12H17ClN6O/c1-20-7-9-17-11(13)10(14)12(18-9)16-3-2-5-19-6-4-15-8-19/h4,6,8H,2-3,5,7,14H2,1H3,(H,16,17,18). The van der Waals surface area contributed by atoms with Crippen LogP contribution in [0.25, 0.3) is 0 Å². The minimum absolute atomic E-state index is 0.240. The monoisotopic (exact) mass is 296 g/mol. The van der Waals surface area contributed by atoms with E-state index in [2.05, 4.69) is 20.3 Å². The number of imidazole rings is 1. The third kappa shape index (κ3) is 3.82. The summed E-state index contributed by atoms with van der Waals surface area (Å²) in [6.45, 7) is 1.89. The van der Waals surface area contributed by atoms with Gasteiger partial charge in [0, 0.05) is 32.6 Å². The number of aromatic nitrogens is 4. The van der Waals surface area contributed by atoms with Crippen LogP contribution in [0, 0.1) is 0 Å². The van der Waals surface area contributed by atoms with E-state index in [9.17, 15) is 0 Å². The lowest BCUT2D eigenvalue weighted by atomic mass is 10.4. The van der Waals surface area contributed by atoms with Gasteiger partial charge >= 0.3 is 0 Å². The summed E-state index contributed by atoms with van der Waals surface area (Å²) in [4.78, 5) is 12.3. The van der Waals surface area contributed by atoms with Crippen LogP contribution in [-0.2, 0) is 17.9 Å². The van der Waals surface area contributed by atoms with Crippen LogP contribution in [-0.4, -0.2) is 33.2 Å². The van der Waals surface area contributed by atoms with Crippen molar-refractivity contribution in [2.75, 3.05) is 24.7 Å². The molecule has 0 aliphatic heterocycles. The zero-order chi connectivity index (χ0) is 14.4. The average molecular weight is 297 g/mol. The molecule has 0 amide bonds. The topological polar surface area (TPSA) is 90.9 Å². The van der Waals surface area contributed by atoms with Crippen LogP contribution in [0.4, 0.5) is 11.5 Å². The summed E-state index contributed by atoms with van der Waals surface area (Å²) >= 11 is 5.96. The van der Waals surface area contributed by atoms with Gasteiger partial charge in [-0.05, 0) is 6.42 Å². The quantitative estimate of drug-likeness (QED) is 0.595. The minimum atomic E-state index is 0.240. The molecular weight excluding hydrogens is 280 g/mol. The van der Waals surface area contributed by atoms with Crippen molar-refractivity contribution >= 4 is 23.1 Å². The van der Waals surface area contributed by atoms with E-state index in [1.807, 2.05) is 10.8 Å². The number of nitrogen functional groups attached to an aromatic ring is 1. The Hall–Kier alpha value is -1.86. The van der Waals surface area contributed by atoms with Crippen molar-refractivity contribution in [3.63, 3.8) is 0 Å². The molecule has 20 heavy (non-hydrogen) atoms. The fourth-order valence-corrected chi connectivity index (χ4v) is 1.89. The van der Waals surface area contributed by atoms with Crippen molar-refractivity contribution in [2.45, 2.75) is 19.6 Å². The molecule has 0 aliphatic rings. The number of methoxy groups -OCH3 is 1. The van der Waals surface area contributed by atoms with Crippen LogP contribution in [0.15, 0.2) is 18.7 Å². The molecule has 0 bridgehead atoms. The van der Waals surface area contributed by atoms with Gasteiger partial charge in [0.25, 0.3) is 0 Å². The van der Waals surface area contributed by atoms with Crippen molar-refractivity contribution in [2.24, 2.45) is 0 Å². The Morgan fingerprint density at radius 1 is 1.45 bits per heavy atom. The lowest BCUT2D eigenvalue weighted by molar-refractivity contribution is 0.178. The van der Waals surface area contributed by atoms with Crippen molar-refractivity contribution in [3.05, 3.63) is 29.7 Å². The van der Waals surface area contributed by atoms with E-state index in [-0.39, 0.29) is 5.15 Å². The number of aryl methyl sites for hydroxylation is 1. The minimum Gasteiger partial charge on any atom is -0.393 e. The second-order valence-electron chi connectivity index (χ2n) is 4.21. The maximum atomic E-state index is 5.96. The first-order valence-electron chi connectivity index (χ1n) is 6.21. The summed E-state index contributed by atoms with van der Waals surface area (Å²) in [5.41, 5.74) is 6.20. The van der Waals surface area contributed by atoms with E-state index in [0.717, 1.165) is 19.5 Å². The van der Waals surface area contributed by atoms with Crippen molar-refractivity contribution in [3.8, 4) is 0 Å². The summed E-state index contributed by atoms with van der Waals surface area (Å²) in [5, 5.41) is 3.41. The molecule has 2 heterocycles. The van der Waals surface area contributed by atoms with E-state index in [4.69, 9.17) is 22.1 Å². The van der Waals surface area contributed by atoms with E-state index < -0.39 is 0 Å². The molecule has 0 saturated heterocycles. The Kier molecular flexibility index (Phi) is 5.14. The van der Waals surface area contributed by atoms with Crippen molar-refractivity contribution < 1.29 is 4.74 Å². The second kappa shape index (κ2) is 7.06. The predicted molar refractivity (Wildman–Crippen MR) is 77.5 cm³/mol. The Labute approximate surface area is 122 Å². The molecule has 0 atom stereocenters. The van der Waals surface area contributed by atoms with Gasteiger partial charge in [-0.15, -0.1) is 0 Å². The van der Waals surface area contributed by atoms with Crippen LogP contribution in [0.1, 0.15) is 12.2 Å². The molecule has 0 unspecified atom stereocenters. The van der Waals surface area contributed by atoms with Crippen LogP contribution in [0.5, 0.6) is 0 Å². The zero-order valence-electron chi connectivity index (χ0n) is 11.2. The second-order valence-corrected chi connectivity index (χ2v) is 4.56. The van der Waals surface area contributed by atoms with Gasteiger partial charge in [-0.25, -0.2) is 15.0 Å². The fourth-order valence-electron chi connectivity index (χ4n) is 1.70. The highest BCUT2D eigenvalue weighted by Gasteiger charge is 2.09. The number of nitrogens with one attached hydrogen (secondary N) is 1. The Morgan fingerprint density at radius 3 is 3.00 bits per heavy atom. The molecule has 0 aromatic carbocycles. The number of halogens is 1. The molecule has 2 aromatic heterocycles. The molecule has 2 rings (SSSR count). The maximum absolute atomic E-state index is 5.96. The molecule has 0 radical (unpaired) electrons. The Morgan fingerprint density at radius 2 is 2.30 bits per heavy atom. The van der Waals surface area contributed by atoms with Gasteiger partial charge in [-0.2, -0.15) is 0 Å². The first-order chi connectivity index (χ1) is 9.70. The number of ether oxygens (including phenoxy) is 1. The third-order valence-electron chi connectivity index (χ3n) is 2.66. The van der Waals surface area contributed by atoms with Gasteiger partial charge in [0.1, 0.15) is 12.3 Å². The average Bonchev–Trinajstić information content (AvgIpc) is 2.93. The number of hydrogen-bond acceptors (Lipinski definition) is 6. The smallest absolute Gasteiger partial charge is 0.158 e. The summed E-state index contributed by atoms with van der Waals surface area (Å²) < 4.78 is 7.00. The summed E-state index contributed by atoms with van der Waals surface area (Å²) in [7, 11) is 1.58. The van der Waals surface area contributed by atoms with Crippen LogP contribution in [0.3, 0.4) is 0 Å². The first kappa shape index (κ1) is 14.5. The molecule has 0 saturated carbocycles. The normalized spacial score (nSPS) is 10.7. The summed E-state index contributed by atoms with van der Waals surface area (Å²) in [5.74, 6) is 1.05. The molecule has 7 nitrogen and oxygen atoms in total. The number of anilines is 2. The summed E-state index contributed by atoms with van der Waals surface area (Å²) in [6.07, 6.45) is 6.38. The number of rotatable bonds is 7. The maximum Gasteiger partial charge on any atom is 0.158 e. The van der Waals surface area contributed by atoms with Crippen molar-refractivity contribution in [1.29, 1.82) is 0 Å². The molecule has 108 valence electrons. The summed E-state index contributed by atoms with van der Waals surface area (Å²) in [6, 6.07) is 0. The number of nitrogens with zero attached hydrogens (tertiary/aromatic N) is 4. The lowest BCUT2D eigenvalue weighted by Crippen LogP contribution is -2.11. The Bertz CT molecular complexity index is 545. The van der Waals surface area contributed by atoms with Crippen LogP contribution in [0.2, 0.25) is 5.15 Å². The first-order valence-corrected chi connectivity index (χ1v) is 6.59. The van der Waals surface area contributed by atoms with Crippen molar-refractivity contribution in [1.82, 2.24) is 19.5 Å². The molecule has 0 aliphatic carbocycles. The van der Waals surface area contributed by atoms with E-state index in [1.54, 1.807) is 19.6 Å². The van der Waals surface area contributed by atoms with Crippen LogP contribution < -0.4 is 11.1 Å². The predicted octanol–water partition coefficient (Wildman–Crippen LogP) is 1.56. The highest BCUT2D eigenvalue weighted by Crippen LogP contribution is 2.23. The third-order valence-corrected chi connectivity index (χ3v) is 2.95. The van der Waals surface area contributed by atoms with Crippen LogP contribution >= 0.6 is 11.6 Å². The molecular formula is C12H17ClN6O. The Balaban J connectivity index is 1.91. The van der Waals surface area contributed by atoms with E-state index in [0.29, 0.717) is 23.9 Å². The molecule has 0 spiro atoms. The molecule has 0 fully saturated rings. The van der Waals surface area contributed by atoms with Gasteiger partial charge in [0.05, 0.1) is 6.33 Å². The highest BCUT2D eigenvalue weighted by atomic mass is 35.5. The number of nitrogens with two attached hydrogens (primary N) is 1. The zero-order valence-corrected chi connectivity index (χ0v) is 12.0. The molecule has 3 N–H and O–H groups in total. The molecule has 8 heteroatoms. The van der Waals surface area contributed by atoms with E-state index >= 15 is 0 Å². The van der Waals surface area contributed by atoms with Gasteiger partial charge < -0.3 is 20.4 Å². The lowest BCUT2D eigenvalue weighted by Gasteiger charge is -2.11. The highest BCUT2D eigenvalue weighted by molar-refractivity contribution is 6.32. The van der Waals surface area contributed by atoms with Gasteiger partial charge in [0.15, 0.2) is 16.8 Å². The van der Waals surface area contributed by atoms with E-state index in [1.165, 1.54) is 0 Å². The van der Waals surface area contributed by atoms with Gasteiger partial charge in [-0.1, -0.05) is 11.6 Å². The number of hydrogen-bond donors (Lipinski definition) is 2. The fraction of sp³-hybridized carbons (Fsp3) is 0.417.